The Labute approximate surface area is 124 Å². The Morgan fingerprint density at radius 1 is 1.45 bits per heavy atom. The largest absolute Gasteiger partial charge is 0.494 e. The number of ether oxygens (including phenoxy) is 1. The van der Waals surface area contributed by atoms with Crippen molar-refractivity contribution in [2.75, 3.05) is 7.11 Å². The van der Waals surface area contributed by atoms with E-state index in [1.54, 1.807) is 7.11 Å². The number of hydrogen-bond donors (Lipinski definition) is 0. The van der Waals surface area contributed by atoms with Gasteiger partial charge in [-0.3, -0.25) is 0 Å². The number of benzene rings is 1. The number of alkyl halides is 1. The molecule has 1 aromatic carbocycles. The normalized spacial score (nSPS) is 16.6. The first-order chi connectivity index (χ1) is 9.78. The van der Waals surface area contributed by atoms with Crippen LogP contribution in [0.25, 0.3) is 11.0 Å². The second-order valence-electron chi connectivity index (χ2n) is 5.60. The SMILES string of the molecule is CCC(CC1CC1)n1c(CCl)nc2c(OC)cccc21. The van der Waals surface area contributed by atoms with Gasteiger partial charge < -0.3 is 9.30 Å². The first-order valence-electron chi connectivity index (χ1n) is 7.38. The van der Waals surface area contributed by atoms with Gasteiger partial charge in [0.15, 0.2) is 0 Å². The molecule has 3 rings (SSSR count). The molecule has 1 unspecified atom stereocenters. The summed E-state index contributed by atoms with van der Waals surface area (Å²) in [6.45, 7) is 2.25. The maximum Gasteiger partial charge on any atom is 0.146 e. The van der Waals surface area contributed by atoms with Crippen molar-refractivity contribution < 1.29 is 4.74 Å². The summed E-state index contributed by atoms with van der Waals surface area (Å²) in [6, 6.07) is 6.60. The standard InChI is InChI=1S/C16H21ClN2O/c1-3-12(9-11-7-8-11)19-13-5-4-6-14(20-2)16(13)18-15(19)10-17/h4-6,11-12H,3,7-10H2,1-2H3. The second-order valence-corrected chi connectivity index (χ2v) is 5.87. The highest BCUT2D eigenvalue weighted by Crippen LogP contribution is 2.40. The van der Waals surface area contributed by atoms with E-state index < -0.39 is 0 Å². The van der Waals surface area contributed by atoms with Crippen molar-refractivity contribution in [3.63, 3.8) is 0 Å². The molecule has 20 heavy (non-hydrogen) atoms. The zero-order valence-corrected chi connectivity index (χ0v) is 12.9. The van der Waals surface area contributed by atoms with Crippen molar-refractivity contribution in [1.82, 2.24) is 9.55 Å². The fourth-order valence-electron chi connectivity index (χ4n) is 3.00. The van der Waals surface area contributed by atoms with Crippen LogP contribution in [-0.4, -0.2) is 16.7 Å². The van der Waals surface area contributed by atoms with Crippen LogP contribution in [0.3, 0.4) is 0 Å². The molecule has 1 atom stereocenters. The van der Waals surface area contributed by atoms with Gasteiger partial charge in [-0.1, -0.05) is 25.8 Å². The van der Waals surface area contributed by atoms with Crippen LogP contribution in [0, 0.1) is 5.92 Å². The molecule has 1 saturated carbocycles. The van der Waals surface area contributed by atoms with Crippen LogP contribution >= 0.6 is 11.6 Å². The number of nitrogens with zero attached hydrogens (tertiary/aromatic N) is 2. The molecule has 0 aliphatic heterocycles. The van der Waals surface area contributed by atoms with E-state index >= 15 is 0 Å². The molecule has 3 nitrogen and oxygen atoms in total. The summed E-state index contributed by atoms with van der Waals surface area (Å²) in [6.07, 6.45) is 5.11. The molecule has 1 aliphatic carbocycles. The van der Waals surface area contributed by atoms with E-state index in [9.17, 15) is 0 Å². The molecular formula is C16H21ClN2O. The number of hydrogen-bond acceptors (Lipinski definition) is 2. The average Bonchev–Trinajstić information content (AvgIpc) is 3.22. The van der Waals surface area contributed by atoms with E-state index in [1.165, 1.54) is 19.3 Å². The van der Waals surface area contributed by atoms with Gasteiger partial charge in [-0.05, 0) is 30.9 Å². The first-order valence-corrected chi connectivity index (χ1v) is 7.91. The molecule has 1 fully saturated rings. The van der Waals surface area contributed by atoms with Gasteiger partial charge in [0.2, 0.25) is 0 Å². The van der Waals surface area contributed by atoms with Crippen molar-refractivity contribution in [3.05, 3.63) is 24.0 Å². The van der Waals surface area contributed by atoms with E-state index in [0.717, 1.165) is 34.9 Å². The smallest absolute Gasteiger partial charge is 0.146 e. The highest BCUT2D eigenvalue weighted by molar-refractivity contribution is 6.16. The number of fused-ring (bicyclic) bond motifs is 1. The van der Waals surface area contributed by atoms with Gasteiger partial charge in [-0.25, -0.2) is 4.98 Å². The Kier molecular flexibility index (Phi) is 3.88. The van der Waals surface area contributed by atoms with Crippen LogP contribution < -0.4 is 4.74 Å². The summed E-state index contributed by atoms with van der Waals surface area (Å²) < 4.78 is 7.76. The lowest BCUT2D eigenvalue weighted by Crippen LogP contribution is -2.11. The second kappa shape index (κ2) is 5.65. The van der Waals surface area contributed by atoms with E-state index in [0.29, 0.717) is 11.9 Å². The third-order valence-electron chi connectivity index (χ3n) is 4.23. The summed E-state index contributed by atoms with van der Waals surface area (Å²) >= 11 is 6.13. The van der Waals surface area contributed by atoms with Crippen molar-refractivity contribution in [2.24, 2.45) is 5.92 Å². The molecule has 0 bridgehead atoms. The Morgan fingerprint density at radius 2 is 2.25 bits per heavy atom. The summed E-state index contributed by atoms with van der Waals surface area (Å²) in [5.41, 5.74) is 2.08. The number of para-hydroxylation sites is 1. The summed E-state index contributed by atoms with van der Waals surface area (Å²) in [5, 5.41) is 0. The third-order valence-corrected chi connectivity index (χ3v) is 4.47. The lowest BCUT2D eigenvalue weighted by Gasteiger charge is -2.20. The van der Waals surface area contributed by atoms with E-state index in [1.807, 2.05) is 12.1 Å². The van der Waals surface area contributed by atoms with Gasteiger partial charge in [-0.2, -0.15) is 0 Å². The lowest BCUT2D eigenvalue weighted by molar-refractivity contribution is 0.418. The van der Waals surface area contributed by atoms with Gasteiger partial charge >= 0.3 is 0 Å². The number of halogens is 1. The maximum absolute atomic E-state index is 6.13. The van der Waals surface area contributed by atoms with Crippen LogP contribution in [0.4, 0.5) is 0 Å². The van der Waals surface area contributed by atoms with Gasteiger partial charge in [0.1, 0.15) is 17.1 Å². The van der Waals surface area contributed by atoms with Gasteiger partial charge in [0.25, 0.3) is 0 Å². The van der Waals surface area contributed by atoms with Crippen molar-refractivity contribution in [3.8, 4) is 5.75 Å². The molecule has 0 spiro atoms. The molecule has 4 heteroatoms. The predicted molar refractivity (Wildman–Crippen MR) is 82.5 cm³/mol. The highest BCUT2D eigenvalue weighted by Gasteiger charge is 2.27. The first kappa shape index (κ1) is 13.7. The Bertz CT molecular complexity index is 604. The Morgan fingerprint density at radius 3 is 2.85 bits per heavy atom. The van der Waals surface area contributed by atoms with Crippen LogP contribution in [0.2, 0.25) is 0 Å². The number of methoxy groups -OCH3 is 1. The minimum atomic E-state index is 0.443. The molecule has 0 N–H and O–H groups in total. The van der Waals surface area contributed by atoms with E-state index in [-0.39, 0.29) is 0 Å². The topological polar surface area (TPSA) is 27.1 Å². The van der Waals surface area contributed by atoms with E-state index in [2.05, 4.69) is 17.6 Å². The molecule has 1 aromatic heterocycles. The molecular weight excluding hydrogens is 272 g/mol. The molecule has 0 amide bonds. The minimum absolute atomic E-state index is 0.443. The van der Waals surface area contributed by atoms with Crippen LogP contribution in [0.15, 0.2) is 18.2 Å². The quantitative estimate of drug-likeness (QED) is 0.731. The van der Waals surface area contributed by atoms with Crippen molar-refractivity contribution >= 4 is 22.6 Å². The number of imidazole rings is 1. The molecule has 1 aliphatic rings. The predicted octanol–water partition coefficient (Wildman–Crippen LogP) is 4.53. The number of rotatable bonds is 6. The molecule has 108 valence electrons. The monoisotopic (exact) mass is 292 g/mol. The fraction of sp³-hybridized carbons (Fsp3) is 0.562. The summed E-state index contributed by atoms with van der Waals surface area (Å²) in [7, 11) is 1.69. The molecule has 2 aromatic rings. The third kappa shape index (κ3) is 2.39. The Balaban J connectivity index is 2.11. The van der Waals surface area contributed by atoms with Crippen LogP contribution in [-0.2, 0) is 5.88 Å². The zero-order chi connectivity index (χ0) is 14.1. The minimum Gasteiger partial charge on any atom is -0.494 e. The summed E-state index contributed by atoms with van der Waals surface area (Å²) in [4.78, 5) is 4.70. The zero-order valence-electron chi connectivity index (χ0n) is 12.1. The van der Waals surface area contributed by atoms with E-state index in [4.69, 9.17) is 21.3 Å². The molecule has 1 heterocycles. The molecule has 0 saturated heterocycles. The van der Waals surface area contributed by atoms with Crippen molar-refractivity contribution in [1.29, 1.82) is 0 Å². The van der Waals surface area contributed by atoms with Crippen LogP contribution in [0.1, 0.15) is 44.5 Å². The number of aromatic nitrogens is 2. The van der Waals surface area contributed by atoms with Gasteiger partial charge in [0.05, 0.1) is 18.5 Å². The summed E-state index contributed by atoms with van der Waals surface area (Å²) in [5.74, 6) is 3.12. The highest BCUT2D eigenvalue weighted by atomic mass is 35.5. The molecule has 0 radical (unpaired) electrons. The van der Waals surface area contributed by atoms with Gasteiger partial charge in [0, 0.05) is 6.04 Å². The maximum atomic E-state index is 6.13. The Hall–Kier alpha value is -1.22. The van der Waals surface area contributed by atoms with Crippen molar-refractivity contribution in [2.45, 2.75) is 44.5 Å². The van der Waals surface area contributed by atoms with Crippen LogP contribution in [0.5, 0.6) is 5.75 Å². The van der Waals surface area contributed by atoms with Gasteiger partial charge in [-0.15, -0.1) is 11.6 Å². The lowest BCUT2D eigenvalue weighted by atomic mass is 10.1. The average molecular weight is 293 g/mol. The fourth-order valence-corrected chi connectivity index (χ4v) is 3.19.